The highest BCUT2D eigenvalue weighted by Gasteiger charge is 2.13. The molecular weight excluding hydrogens is 252 g/mol. The molecule has 0 spiro atoms. The van der Waals surface area contributed by atoms with Crippen molar-refractivity contribution < 1.29 is 9.90 Å². The molecule has 0 saturated heterocycles. The van der Waals surface area contributed by atoms with E-state index in [1.807, 2.05) is 32.0 Å². The lowest BCUT2D eigenvalue weighted by Crippen LogP contribution is -1.96. The minimum absolute atomic E-state index is 0.217. The second-order valence-electron chi connectivity index (χ2n) is 4.97. The minimum atomic E-state index is -0.964. The van der Waals surface area contributed by atoms with Crippen LogP contribution in [-0.4, -0.2) is 21.0 Å². The maximum atomic E-state index is 11.2. The van der Waals surface area contributed by atoms with Crippen molar-refractivity contribution >= 4 is 17.0 Å². The first-order valence-electron chi connectivity index (χ1n) is 6.35. The summed E-state index contributed by atoms with van der Waals surface area (Å²) < 4.78 is 0. The molecule has 0 aliphatic carbocycles. The third-order valence-corrected chi connectivity index (χ3v) is 3.24. The van der Waals surface area contributed by atoms with Crippen LogP contribution in [0.1, 0.15) is 21.5 Å². The molecule has 0 radical (unpaired) electrons. The first-order chi connectivity index (χ1) is 9.54. The normalized spacial score (nSPS) is 10.9. The number of hydrogen-bond acceptors (Lipinski definition) is 2. The van der Waals surface area contributed by atoms with E-state index in [2.05, 4.69) is 16.0 Å². The Labute approximate surface area is 116 Å². The van der Waals surface area contributed by atoms with Gasteiger partial charge in [-0.25, -0.2) is 9.78 Å². The smallest absolute Gasteiger partial charge is 0.337 e. The lowest BCUT2D eigenvalue weighted by atomic mass is 10.1. The Hall–Kier alpha value is -2.62. The quantitative estimate of drug-likeness (QED) is 0.745. The van der Waals surface area contributed by atoms with E-state index in [9.17, 15) is 9.90 Å². The van der Waals surface area contributed by atoms with E-state index in [0.29, 0.717) is 11.3 Å². The van der Waals surface area contributed by atoms with Crippen molar-refractivity contribution in [3.8, 4) is 11.4 Å². The fourth-order valence-electron chi connectivity index (χ4n) is 2.45. The van der Waals surface area contributed by atoms with Crippen LogP contribution in [0.4, 0.5) is 0 Å². The monoisotopic (exact) mass is 266 g/mol. The maximum absolute atomic E-state index is 11.2. The van der Waals surface area contributed by atoms with Crippen molar-refractivity contribution in [2.75, 3.05) is 0 Å². The molecule has 3 aromatic rings. The summed E-state index contributed by atoms with van der Waals surface area (Å²) in [6.07, 6.45) is 0. The van der Waals surface area contributed by atoms with Gasteiger partial charge in [-0.2, -0.15) is 0 Å². The van der Waals surface area contributed by atoms with Crippen molar-refractivity contribution in [1.82, 2.24) is 9.97 Å². The zero-order valence-corrected chi connectivity index (χ0v) is 11.3. The number of H-pyrrole nitrogens is 1. The zero-order chi connectivity index (χ0) is 14.3. The largest absolute Gasteiger partial charge is 0.478 e. The molecule has 0 aliphatic rings. The van der Waals surface area contributed by atoms with Crippen LogP contribution in [0.15, 0.2) is 36.4 Å². The van der Waals surface area contributed by atoms with Crippen LogP contribution in [0.5, 0.6) is 0 Å². The zero-order valence-electron chi connectivity index (χ0n) is 11.3. The molecule has 0 bridgehead atoms. The van der Waals surface area contributed by atoms with Gasteiger partial charge in [0, 0.05) is 5.56 Å². The number of aromatic carboxylic acids is 1. The summed E-state index contributed by atoms with van der Waals surface area (Å²) in [6.45, 7) is 4.06. The van der Waals surface area contributed by atoms with Crippen LogP contribution in [-0.2, 0) is 0 Å². The number of carbonyl (C=O) groups is 1. The number of carboxylic acid groups (broad SMARTS) is 1. The average Bonchev–Trinajstić information content (AvgIpc) is 2.80. The van der Waals surface area contributed by atoms with E-state index in [0.717, 1.165) is 22.2 Å². The summed E-state index contributed by atoms with van der Waals surface area (Å²) in [6, 6.07) is 11.3. The lowest BCUT2D eigenvalue weighted by Gasteiger charge is -2.01. The fourth-order valence-corrected chi connectivity index (χ4v) is 2.45. The van der Waals surface area contributed by atoms with Gasteiger partial charge in [-0.05, 0) is 38.1 Å². The topological polar surface area (TPSA) is 66.0 Å². The van der Waals surface area contributed by atoms with Gasteiger partial charge in [0.05, 0.1) is 11.1 Å². The summed E-state index contributed by atoms with van der Waals surface area (Å²) in [5.41, 5.74) is 4.72. The minimum Gasteiger partial charge on any atom is -0.478 e. The first kappa shape index (κ1) is 12.4. The molecule has 2 N–H and O–H groups in total. The lowest BCUT2D eigenvalue weighted by molar-refractivity contribution is 0.0699. The van der Waals surface area contributed by atoms with Crippen molar-refractivity contribution in [2.45, 2.75) is 13.8 Å². The van der Waals surface area contributed by atoms with Crippen molar-refractivity contribution in [3.63, 3.8) is 0 Å². The molecule has 0 atom stereocenters. The highest BCUT2D eigenvalue weighted by atomic mass is 16.4. The molecular formula is C16H14N2O2. The molecule has 1 heterocycles. The maximum Gasteiger partial charge on any atom is 0.337 e. The molecule has 2 aromatic carbocycles. The van der Waals surface area contributed by atoms with Gasteiger partial charge in [0.25, 0.3) is 0 Å². The SMILES string of the molecule is Cc1cc(C)cc(-c2nc3c(C(=O)O)cccc3[nH]2)c1. The number of para-hydroxylation sites is 1. The Morgan fingerprint density at radius 1 is 1.15 bits per heavy atom. The summed E-state index contributed by atoms with van der Waals surface area (Å²) in [5, 5.41) is 9.20. The molecule has 20 heavy (non-hydrogen) atoms. The number of imidazole rings is 1. The summed E-state index contributed by atoms with van der Waals surface area (Å²) in [7, 11) is 0. The van der Waals surface area contributed by atoms with Crippen LogP contribution >= 0.6 is 0 Å². The highest BCUT2D eigenvalue weighted by Crippen LogP contribution is 2.24. The average molecular weight is 266 g/mol. The second kappa shape index (κ2) is 4.49. The number of hydrogen-bond donors (Lipinski definition) is 2. The Morgan fingerprint density at radius 3 is 2.50 bits per heavy atom. The molecule has 0 unspecified atom stereocenters. The van der Waals surface area contributed by atoms with E-state index in [-0.39, 0.29) is 5.56 Å². The highest BCUT2D eigenvalue weighted by molar-refractivity contribution is 6.01. The van der Waals surface area contributed by atoms with E-state index in [4.69, 9.17) is 0 Å². The third-order valence-electron chi connectivity index (χ3n) is 3.24. The predicted octanol–water partition coefficient (Wildman–Crippen LogP) is 3.54. The Balaban J connectivity index is 2.23. The first-order valence-corrected chi connectivity index (χ1v) is 6.35. The van der Waals surface area contributed by atoms with Crippen molar-refractivity contribution in [1.29, 1.82) is 0 Å². The van der Waals surface area contributed by atoms with E-state index < -0.39 is 5.97 Å². The van der Waals surface area contributed by atoms with Crippen LogP contribution in [0.3, 0.4) is 0 Å². The number of nitrogens with zero attached hydrogens (tertiary/aromatic N) is 1. The summed E-state index contributed by atoms with van der Waals surface area (Å²) in [4.78, 5) is 18.9. The molecule has 1 aromatic heterocycles. The third kappa shape index (κ3) is 2.05. The molecule has 0 saturated carbocycles. The molecule has 0 amide bonds. The number of aryl methyl sites for hydroxylation is 2. The number of fused-ring (bicyclic) bond motifs is 1. The standard InChI is InChI=1S/C16H14N2O2/c1-9-6-10(2)8-11(7-9)15-17-13-5-3-4-12(16(19)20)14(13)18-15/h3-8H,1-2H3,(H,17,18)(H,19,20). The molecule has 4 nitrogen and oxygen atoms in total. The van der Waals surface area contributed by atoms with Gasteiger partial charge in [0.2, 0.25) is 0 Å². The summed E-state index contributed by atoms with van der Waals surface area (Å²) >= 11 is 0. The van der Waals surface area contributed by atoms with Gasteiger partial charge >= 0.3 is 5.97 Å². The van der Waals surface area contributed by atoms with E-state index in [1.54, 1.807) is 12.1 Å². The van der Waals surface area contributed by atoms with Gasteiger partial charge < -0.3 is 10.1 Å². The molecule has 0 aliphatic heterocycles. The fraction of sp³-hybridized carbons (Fsp3) is 0.125. The Kier molecular flexibility index (Phi) is 2.79. The van der Waals surface area contributed by atoms with Gasteiger partial charge in [-0.1, -0.05) is 23.3 Å². The molecule has 4 heteroatoms. The van der Waals surface area contributed by atoms with Crippen LogP contribution < -0.4 is 0 Å². The van der Waals surface area contributed by atoms with Crippen molar-refractivity contribution in [2.24, 2.45) is 0 Å². The van der Waals surface area contributed by atoms with Crippen LogP contribution in [0.2, 0.25) is 0 Å². The molecule has 3 rings (SSSR count). The van der Waals surface area contributed by atoms with E-state index in [1.165, 1.54) is 0 Å². The van der Waals surface area contributed by atoms with Gasteiger partial charge in [-0.3, -0.25) is 0 Å². The number of aromatic nitrogens is 2. The van der Waals surface area contributed by atoms with Crippen LogP contribution in [0.25, 0.3) is 22.4 Å². The number of rotatable bonds is 2. The van der Waals surface area contributed by atoms with E-state index >= 15 is 0 Å². The van der Waals surface area contributed by atoms with Crippen LogP contribution in [0, 0.1) is 13.8 Å². The number of aromatic amines is 1. The number of nitrogens with one attached hydrogen (secondary N) is 1. The second-order valence-corrected chi connectivity index (χ2v) is 4.97. The summed E-state index contributed by atoms with van der Waals surface area (Å²) in [5.74, 6) is -0.269. The molecule has 0 fully saturated rings. The number of benzene rings is 2. The van der Waals surface area contributed by atoms with Gasteiger partial charge in [0.1, 0.15) is 11.3 Å². The van der Waals surface area contributed by atoms with Crippen molar-refractivity contribution in [3.05, 3.63) is 53.1 Å². The predicted molar refractivity (Wildman–Crippen MR) is 78.0 cm³/mol. The Bertz CT molecular complexity index is 798. The van der Waals surface area contributed by atoms with Gasteiger partial charge in [-0.15, -0.1) is 0 Å². The Morgan fingerprint density at radius 2 is 1.85 bits per heavy atom. The molecule has 100 valence electrons. The van der Waals surface area contributed by atoms with Gasteiger partial charge in [0.15, 0.2) is 0 Å². The number of carboxylic acids is 1.